The summed E-state index contributed by atoms with van der Waals surface area (Å²) in [6.45, 7) is 4.39. The topological polar surface area (TPSA) is 0 Å². The fraction of sp³-hybridized carbons (Fsp3) is 0.188. The Balaban J connectivity index is 1.40. The molecule has 1 heteroatoms. The maximum atomic E-state index is 14.3. The predicted molar refractivity (Wildman–Crippen MR) is 140 cm³/mol. The molecule has 0 saturated carbocycles. The van der Waals surface area contributed by atoms with Crippen LogP contribution < -0.4 is 0 Å². The van der Waals surface area contributed by atoms with E-state index in [0.29, 0.717) is 11.5 Å². The van der Waals surface area contributed by atoms with Gasteiger partial charge in [0.05, 0.1) is 0 Å². The van der Waals surface area contributed by atoms with Crippen LogP contribution in [0.4, 0.5) is 4.39 Å². The Kier molecular flexibility index (Phi) is 7.52. The maximum Gasteiger partial charge on any atom is 0.130 e. The molecule has 0 aliphatic carbocycles. The van der Waals surface area contributed by atoms with Gasteiger partial charge in [-0.25, -0.2) is 4.39 Å². The quantitative estimate of drug-likeness (QED) is 0.243. The third-order valence-electron chi connectivity index (χ3n) is 6.17. The average Bonchev–Trinajstić information content (AvgIpc) is 2.85. The third kappa shape index (κ3) is 6.08. The highest BCUT2D eigenvalue weighted by molar-refractivity contribution is 5.72. The Morgan fingerprint density at radius 3 is 2.00 bits per heavy atom. The fourth-order valence-corrected chi connectivity index (χ4v) is 4.21. The first kappa shape index (κ1) is 22.7. The second-order valence-corrected chi connectivity index (χ2v) is 8.77. The van der Waals surface area contributed by atoms with Gasteiger partial charge in [-0.2, -0.15) is 0 Å². The molecule has 33 heavy (non-hydrogen) atoms. The second-order valence-electron chi connectivity index (χ2n) is 8.77. The zero-order valence-electron chi connectivity index (χ0n) is 19.5. The van der Waals surface area contributed by atoms with Gasteiger partial charge in [0, 0.05) is 5.56 Å². The van der Waals surface area contributed by atoms with Crippen LogP contribution in [0, 0.1) is 5.82 Å². The Morgan fingerprint density at radius 2 is 1.36 bits per heavy atom. The van der Waals surface area contributed by atoms with Crippen molar-refractivity contribution in [3.8, 4) is 11.1 Å². The molecule has 0 aliphatic heterocycles. The zero-order valence-corrected chi connectivity index (χ0v) is 19.5. The number of hydrogen-bond acceptors (Lipinski definition) is 0. The lowest BCUT2D eigenvalue weighted by molar-refractivity contribution is 0.622. The van der Waals surface area contributed by atoms with Gasteiger partial charge in [0.15, 0.2) is 0 Å². The number of benzene rings is 4. The van der Waals surface area contributed by atoms with Gasteiger partial charge in [0.1, 0.15) is 5.82 Å². The van der Waals surface area contributed by atoms with Crippen LogP contribution in [0.1, 0.15) is 54.0 Å². The first-order chi connectivity index (χ1) is 16.1. The van der Waals surface area contributed by atoms with Crippen LogP contribution in [0.2, 0.25) is 0 Å². The van der Waals surface area contributed by atoms with Crippen molar-refractivity contribution in [2.45, 2.75) is 39.0 Å². The molecular weight excluding hydrogens is 403 g/mol. The van der Waals surface area contributed by atoms with Crippen molar-refractivity contribution < 1.29 is 4.39 Å². The number of hydrogen-bond donors (Lipinski definition) is 0. The summed E-state index contributed by atoms with van der Waals surface area (Å²) in [5.41, 5.74) is 7.85. The standard InChI is InChI=1S/C32H31F/c1-3-7-26-15-21-31(32(33)23-26)20-12-25-10-16-29(17-11-25)30-18-13-27(14-19-30)22-24(2)28-8-5-4-6-9-28/h4-6,8-21,23-24H,3,7,22H2,1-2H3/t24-/m0/s1. The van der Waals surface area contributed by atoms with Gasteiger partial charge in [0.2, 0.25) is 0 Å². The van der Waals surface area contributed by atoms with Crippen LogP contribution >= 0.6 is 0 Å². The van der Waals surface area contributed by atoms with E-state index in [9.17, 15) is 4.39 Å². The van der Waals surface area contributed by atoms with Gasteiger partial charge in [0.25, 0.3) is 0 Å². The van der Waals surface area contributed by atoms with Crippen LogP contribution in [-0.4, -0.2) is 0 Å². The Labute approximate surface area is 197 Å². The molecule has 0 aliphatic rings. The van der Waals surface area contributed by atoms with Gasteiger partial charge >= 0.3 is 0 Å². The third-order valence-corrected chi connectivity index (χ3v) is 6.17. The van der Waals surface area contributed by atoms with Gasteiger partial charge in [-0.15, -0.1) is 0 Å². The van der Waals surface area contributed by atoms with E-state index in [4.69, 9.17) is 0 Å². The van der Waals surface area contributed by atoms with Crippen LogP contribution in [0.15, 0.2) is 97.1 Å². The van der Waals surface area contributed by atoms with Gasteiger partial charge in [-0.3, -0.25) is 0 Å². The molecule has 4 aromatic rings. The first-order valence-corrected chi connectivity index (χ1v) is 11.8. The van der Waals surface area contributed by atoms with E-state index in [-0.39, 0.29) is 5.82 Å². The normalized spacial score (nSPS) is 12.2. The molecule has 0 radical (unpaired) electrons. The van der Waals surface area contributed by atoms with E-state index < -0.39 is 0 Å². The molecule has 0 saturated heterocycles. The smallest absolute Gasteiger partial charge is 0.130 e. The summed E-state index contributed by atoms with van der Waals surface area (Å²) in [6, 6.07) is 33.5. The minimum atomic E-state index is -0.157. The van der Waals surface area contributed by atoms with Crippen molar-refractivity contribution in [2.24, 2.45) is 0 Å². The van der Waals surface area contributed by atoms with Gasteiger partial charge in [-0.05, 0) is 58.2 Å². The summed E-state index contributed by atoms with van der Waals surface area (Å²) in [5, 5.41) is 0. The van der Waals surface area contributed by atoms with Crippen molar-refractivity contribution >= 4 is 12.2 Å². The van der Waals surface area contributed by atoms with Gasteiger partial charge in [-0.1, -0.05) is 123 Å². The van der Waals surface area contributed by atoms with Crippen LogP contribution in [0.3, 0.4) is 0 Å². The van der Waals surface area contributed by atoms with E-state index in [0.717, 1.165) is 30.4 Å². The molecule has 0 aromatic heterocycles. The average molecular weight is 435 g/mol. The van der Waals surface area contributed by atoms with E-state index in [1.54, 1.807) is 6.07 Å². The minimum Gasteiger partial charge on any atom is -0.206 e. The summed E-state index contributed by atoms with van der Waals surface area (Å²) < 4.78 is 14.3. The summed E-state index contributed by atoms with van der Waals surface area (Å²) in [4.78, 5) is 0. The van der Waals surface area contributed by atoms with Crippen LogP contribution in [-0.2, 0) is 12.8 Å². The van der Waals surface area contributed by atoms with Crippen LogP contribution in [0.25, 0.3) is 23.3 Å². The Hall–Kier alpha value is -3.45. The zero-order chi connectivity index (χ0) is 23.0. The molecule has 0 heterocycles. The molecule has 0 bridgehead atoms. The lowest BCUT2D eigenvalue weighted by Crippen LogP contribution is -1.98. The van der Waals surface area contributed by atoms with Crippen molar-refractivity contribution in [1.82, 2.24) is 0 Å². The number of halogens is 1. The summed E-state index contributed by atoms with van der Waals surface area (Å²) in [6.07, 6.45) is 6.79. The highest BCUT2D eigenvalue weighted by Gasteiger charge is 2.07. The van der Waals surface area contributed by atoms with Crippen molar-refractivity contribution in [3.05, 3.63) is 131 Å². The predicted octanol–water partition coefficient (Wildman–Crippen LogP) is 8.96. The van der Waals surface area contributed by atoms with E-state index in [1.807, 2.05) is 24.3 Å². The largest absolute Gasteiger partial charge is 0.206 e. The lowest BCUT2D eigenvalue weighted by atomic mass is 9.93. The molecular formula is C32H31F. The van der Waals surface area contributed by atoms with Crippen molar-refractivity contribution in [3.63, 3.8) is 0 Å². The molecule has 166 valence electrons. The highest BCUT2D eigenvalue weighted by atomic mass is 19.1. The monoisotopic (exact) mass is 434 g/mol. The summed E-state index contributed by atoms with van der Waals surface area (Å²) in [7, 11) is 0. The molecule has 0 unspecified atom stereocenters. The highest BCUT2D eigenvalue weighted by Crippen LogP contribution is 2.25. The molecule has 0 nitrogen and oxygen atoms in total. The Morgan fingerprint density at radius 1 is 0.727 bits per heavy atom. The van der Waals surface area contributed by atoms with Gasteiger partial charge < -0.3 is 0 Å². The fourth-order valence-electron chi connectivity index (χ4n) is 4.21. The minimum absolute atomic E-state index is 0.157. The summed E-state index contributed by atoms with van der Waals surface area (Å²) >= 11 is 0. The second kappa shape index (κ2) is 10.9. The SMILES string of the molecule is CCCc1ccc(C=Cc2ccc(-c3ccc(C[C@H](C)c4ccccc4)cc3)cc2)c(F)c1. The number of rotatable bonds is 8. The summed E-state index contributed by atoms with van der Waals surface area (Å²) in [5.74, 6) is 0.339. The van der Waals surface area contributed by atoms with E-state index in [2.05, 4.69) is 92.7 Å². The van der Waals surface area contributed by atoms with Crippen LogP contribution in [0.5, 0.6) is 0 Å². The van der Waals surface area contributed by atoms with E-state index in [1.165, 1.54) is 22.3 Å². The number of aryl methyl sites for hydroxylation is 1. The first-order valence-electron chi connectivity index (χ1n) is 11.8. The molecule has 4 rings (SSSR count). The van der Waals surface area contributed by atoms with Crippen molar-refractivity contribution in [1.29, 1.82) is 0 Å². The Bertz CT molecular complexity index is 1190. The molecule has 0 spiro atoms. The van der Waals surface area contributed by atoms with E-state index >= 15 is 0 Å². The molecule has 0 amide bonds. The molecule has 0 N–H and O–H groups in total. The maximum absolute atomic E-state index is 14.3. The van der Waals surface area contributed by atoms with Crippen molar-refractivity contribution in [2.75, 3.05) is 0 Å². The molecule has 1 atom stereocenters. The lowest BCUT2D eigenvalue weighted by Gasteiger charge is -2.12. The molecule has 4 aromatic carbocycles. The molecule has 0 fully saturated rings.